The third-order valence-corrected chi connectivity index (χ3v) is 6.49. The Morgan fingerprint density at radius 1 is 1.32 bits per heavy atom. The summed E-state index contributed by atoms with van der Waals surface area (Å²) in [6.07, 6.45) is 1.18. The van der Waals surface area contributed by atoms with Crippen molar-refractivity contribution in [2.45, 2.75) is 24.6 Å². The summed E-state index contributed by atoms with van der Waals surface area (Å²) in [6, 6.07) is 6.04. The first-order chi connectivity index (χ1) is 11.9. The first kappa shape index (κ1) is 18.5. The van der Waals surface area contributed by atoms with Crippen LogP contribution < -0.4 is 0 Å². The molecule has 0 aliphatic carbocycles. The Balaban J connectivity index is 1.64. The molecule has 4 nitrogen and oxygen atoms in total. The van der Waals surface area contributed by atoms with Gasteiger partial charge in [0.2, 0.25) is 5.91 Å². The highest BCUT2D eigenvalue weighted by atomic mass is 32.2. The summed E-state index contributed by atoms with van der Waals surface area (Å²) in [5, 5.41) is 4.46. The van der Waals surface area contributed by atoms with Crippen molar-refractivity contribution in [2.24, 2.45) is 11.8 Å². The predicted octanol–water partition coefficient (Wildman–Crippen LogP) is 4.40. The summed E-state index contributed by atoms with van der Waals surface area (Å²) in [5.41, 5.74) is 0.722. The van der Waals surface area contributed by atoms with Gasteiger partial charge in [0.05, 0.1) is 11.4 Å². The Labute approximate surface area is 160 Å². The van der Waals surface area contributed by atoms with Crippen molar-refractivity contribution in [3.63, 3.8) is 0 Å². The van der Waals surface area contributed by atoms with Gasteiger partial charge in [-0.15, -0.1) is 5.10 Å². The Hall–Kier alpha value is -1.25. The predicted molar refractivity (Wildman–Crippen MR) is 102 cm³/mol. The number of rotatable bonds is 4. The van der Waals surface area contributed by atoms with Crippen molar-refractivity contribution in [1.82, 2.24) is 14.7 Å². The zero-order valence-corrected chi connectivity index (χ0v) is 16.6. The number of halogens is 1. The average molecular weight is 398 g/mol. The van der Waals surface area contributed by atoms with Crippen LogP contribution in [-0.4, -0.2) is 39.4 Å². The molecule has 0 unspecified atom stereocenters. The van der Waals surface area contributed by atoms with Crippen LogP contribution in [0.1, 0.15) is 20.3 Å². The Kier molecular flexibility index (Phi) is 5.91. The lowest BCUT2D eigenvalue weighted by atomic mass is 9.92. The van der Waals surface area contributed by atoms with E-state index in [1.165, 1.54) is 41.7 Å². The fourth-order valence-electron chi connectivity index (χ4n) is 3.15. The van der Waals surface area contributed by atoms with E-state index in [-0.39, 0.29) is 11.7 Å². The van der Waals surface area contributed by atoms with Gasteiger partial charge in [0.25, 0.3) is 0 Å². The van der Waals surface area contributed by atoms with Gasteiger partial charge in [-0.1, -0.05) is 36.9 Å². The molecule has 3 rings (SSSR count). The maximum Gasteiger partial charge on any atom is 0.233 e. The molecule has 0 bridgehead atoms. The smallest absolute Gasteiger partial charge is 0.233 e. The molecule has 1 aromatic carbocycles. The van der Waals surface area contributed by atoms with Crippen LogP contribution in [0.2, 0.25) is 0 Å². The summed E-state index contributed by atoms with van der Waals surface area (Å²) >= 11 is 8.12. The summed E-state index contributed by atoms with van der Waals surface area (Å²) in [6.45, 7) is 6.06. The number of hydrogen-bond acceptors (Lipinski definition) is 5. The van der Waals surface area contributed by atoms with Crippen LogP contribution in [-0.2, 0) is 4.79 Å². The average Bonchev–Trinajstić information content (AvgIpc) is 2.93. The maximum atomic E-state index is 13.1. The van der Waals surface area contributed by atoms with Crippen LogP contribution in [0.3, 0.4) is 0 Å². The number of carbonyl (C=O) groups is 1. The highest BCUT2D eigenvalue weighted by Crippen LogP contribution is 2.26. The lowest BCUT2D eigenvalue weighted by molar-refractivity contribution is -0.130. The monoisotopic (exact) mass is 397 g/mol. The Morgan fingerprint density at radius 2 is 1.96 bits per heavy atom. The van der Waals surface area contributed by atoms with Crippen LogP contribution in [0.15, 0.2) is 28.6 Å². The van der Waals surface area contributed by atoms with Crippen molar-refractivity contribution in [1.29, 1.82) is 0 Å². The number of amides is 1. The van der Waals surface area contributed by atoms with E-state index >= 15 is 0 Å². The minimum Gasteiger partial charge on any atom is -0.341 e. The summed E-state index contributed by atoms with van der Waals surface area (Å²) in [4.78, 5) is 14.4. The largest absolute Gasteiger partial charge is 0.341 e. The molecule has 0 spiro atoms. The number of nitrogens with zero attached hydrogens (tertiary/aromatic N) is 3. The molecule has 0 N–H and O–H groups in total. The van der Waals surface area contributed by atoms with E-state index in [0.29, 0.717) is 21.5 Å². The number of benzene rings is 1. The molecule has 2 heterocycles. The highest BCUT2D eigenvalue weighted by molar-refractivity contribution is 8.01. The van der Waals surface area contributed by atoms with Gasteiger partial charge in [-0.3, -0.25) is 4.79 Å². The topological polar surface area (TPSA) is 38.1 Å². The molecule has 8 heteroatoms. The molecule has 1 aliphatic rings. The molecule has 1 fully saturated rings. The number of aromatic nitrogens is 2. The van der Waals surface area contributed by atoms with E-state index in [0.717, 1.165) is 23.1 Å². The number of hydrogen-bond donors (Lipinski definition) is 0. The fourth-order valence-corrected chi connectivity index (χ4v) is 5.41. The quantitative estimate of drug-likeness (QED) is 0.566. The minimum atomic E-state index is -0.296. The molecule has 1 saturated heterocycles. The van der Waals surface area contributed by atoms with Crippen molar-refractivity contribution < 1.29 is 9.18 Å². The van der Waals surface area contributed by atoms with Crippen molar-refractivity contribution >= 4 is 41.2 Å². The van der Waals surface area contributed by atoms with Crippen molar-refractivity contribution in [2.75, 3.05) is 18.8 Å². The SMILES string of the molecule is C[C@H]1C[C@H](C)CN(C(=O)CSc2nn(-c3ccc(F)cc3)c(=S)s2)C1. The fraction of sp³-hybridized carbons (Fsp3) is 0.471. The Bertz CT molecular complexity index is 792. The first-order valence-corrected chi connectivity index (χ1v) is 10.4. The van der Waals surface area contributed by atoms with E-state index in [2.05, 4.69) is 18.9 Å². The molecule has 2 atom stereocenters. The number of thioether (sulfide) groups is 1. The van der Waals surface area contributed by atoms with Gasteiger partial charge < -0.3 is 4.90 Å². The standard InChI is InChI=1S/C17H20FN3OS3/c1-11-7-12(2)9-20(8-11)15(22)10-24-16-19-21(17(23)25-16)14-5-3-13(18)4-6-14/h3-6,11-12H,7-10H2,1-2H3/t11-,12-/m0/s1. The molecule has 134 valence electrons. The molecular formula is C17H20FN3OS3. The van der Waals surface area contributed by atoms with E-state index in [9.17, 15) is 9.18 Å². The molecule has 25 heavy (non-hydrogen) atoms. The Morgan fingerprint density at radius 3 is 2.60 bits per heavy atom. The second kappa shape index (κ2) is 7.97. The number of likely N-dealkylation sites (tertiary alicyclic amines) is 1. The van der Waals surface area contributed by atoms with Crippen LogP contribution in [0.4, 0.5) is 4.39 Å². The summed E-state index contributed by atoms with van der Waals surface area (Å²) in [7, 11) is 0. The van der Waals surface area contributed by atoms with E-state index in [1.807, 2.05) is 4.90 Å². The molecule has 1 amide bonds. The minimum absolute atomic E-state index is 0.151. The lowest BCUT2D eigenvalue weighted by Crippen LogP contribution is -2.43. The normalized spacial score (nSPS) is 20.7. The van der Waals surface area contributed by atoms with E-state index < -0.39 is 0 Å². The molecule has 0 saturated carbocycles. The second-order valence-corrected chi connectivity index (χ2v) is 9.40. The van der Waals surface area contributed by atoms with Crippen LogP contribution in [0, 0.1) is 21.6 Å². The molecule has 1 aromatic heterocycles. The molecule has 1 aliphatic heterocycles. The number of piperidine rings is 1. The third-order valence-electron chi connectivity index (χ3n) is 4.14. The van der Waals surface area contributed by atoms with Gasteiger partial charge in [0.1, 0.15) is 5.82 Å². The van der Waals surface area contributed by atoms with Gasteiger partial charge >= 0.3 is 0 Å². The van der Waals surface area contributed by atoms with Gasteiger partial charge in [0, 0.05) is 13.1 Å². The van der Waals surface area contributed by atoms with Crippen LogP contribution in [0.25, 0.3) is 5.69 Å². The molecule has 0 radical (unpaired) electrons. The molecule has 2 aromatic rings. The van der Waals surface area contributed by atoms with Gasteiger partial charge in [-0.2, -0.15) is 0 Å². The van der Waals surface area contributed by atoms with Gasteiger partial charge in [-0.05, 0) is 54.7 Å². The zero-order valence-electron chi connectivity index (χ0n) is 14.1. The van der Waals surface area contributed by atoms with Gasteiger partial charge in [-0.25, -0.2) is 9.07 Å². The highest BCUT2D eigenvalue weighted by Gasteiger charge is 2.25. The third kappa shape index (κ3) is 4.68. The van der Waals surface area contributed by atoms with Crippen LogP contribution >= 0.6 is 35.3 Å². The van der Waals surface area contributed by atoms with Crippen LogP contribution in [0.5, 0.6) is 0 Å². The van der Waals surface area contributed by atoms with Crippen molar-refractivity contribution in [3.05, 3.63) is 34.0 Å². The second-order valence-electron chi connectivity index (χ2n) is 6.56. The lowest BCUT2D eigenvalue weighted by Gasteiger charge is -2.34. The van der Waals surface area contributed by atoms with E-state index in [1.54, 1.807) is 16.8 Å². The molecular weight excluding hydrogens is 377 g/mol. The van der Waals surface area contributed by atoms with Crippen molar-refractivity contribution in [3.8, 4) is 5.69 Å². The zero-order chi connectivity index (χ0) is 18.0. The summed E-state index contributed by atoms with van der Waals surface area (Å²) < 4.78 is 16.0. The summed E-state index contributed by atoms with van der Waals surface area (Å²) in [5.74, 6) is 1.33. The van der Waals surface area contributed by atoms with E-state index in [4.69, 9.17) is 12.2 Å². The van der Waals surface area contributed by atoms with Gasteiger partial charge in [0.15, 0.2) is 8.29 Å². The number of carbonyl (C=O) groups excluding carboxylic acids is 1. The maximum absolute atomic E-state index is 13.1. The first-order valence-electron chi connectivity index (χ1n) is 8.19.